The third kappa shape index (κ3) is 17.4. The first-order chi connectivity index (χ1) is 10.3. The predicted molar refractivity (Wildman–Crippen MR) is 88.0 cm³/mol. The zero-order valence-electron chi connectivity index (χ0n) is 14.3. The molecule has 0 aliphatic carbocycles. The Balaban J connectivity index is 3.04. The Labute approximate surface area is 131 Å². The Morgan fingerprint density at radius 1 is 0.762 bits per heavy atom. The fourth-order valence-corrected chi connectivity index (χ4v) is 2.62. The Hall–Kier alpha value is -0.570. The monoisotopic (exact) mass is 300 g/mol. The minimum atomic E-state index is 0.0166. The highest BCUT2D eigenvalue weighted by Gasteiger charge is 2.02. The maximum atomic E-state index is 9.95. The molecule has 0 aromatic rings. The van der Waals surface area contributed by atoms with Crippen LogP contribution < -0.4 is 0 Å². The van der Waals surface area contributed by atoms with Gasteiger partial charge in [0.25, 0.3) is 0 Å². The summed E-state index contributed by atoms with van der Waals surface area (Å²) in [5, 5.41) is 0. The van der Waals surface area contributed by atoms with Crippen LogP contribution in [0.3, 0.4) is 0 Å². The van der Waals surface area contributed by atoms with Crippen molar-refractivity contribution in [2.45, 2.75) is 110 Å². The Morgan fingerprint density at radius 2 is 1.19 bits per heavy atom. The van der Waals surface area contributed by atoms with Crippen LogP contribution in [-0.2, 0) is 14.6 Å². The lowest BCUT2D eigenvalue weighted by Gasteiger charge is -2.08. The van der Waals surface area contributed by atoms with Crippen LogP contribution in [0.15, 0.2) is 0 Å². The number of unbranched alkanes of at least 4 members (excludes halogenated alkanes) is 12. The largest absolute Gasteiger partial charge is 0.330 e. The first-order valence-corrected chi connectivity index (χ1v) is 9.07. The third-order valence-electron chi connectivity index (χ3n) is 3.97. The van der Waals surface area contributed by atoms with Crippen LogP contribution in [0.4, 0.5) is 0 Å². The number of hydrogen-bond donors (Lipinski definition) is 0. The fourth-order valence-electron chi connectivity index (χ4n) is 2.62. The zero-order valence-corrected chi connectivity index (χ0v) is 14.3. The van der Waals surface area contributed by atoms with Crippen molar-refractivity contribution in [1.29, 1.82) is 0 Å². The van der Waals surface area contributed by atoms with Crippen molar-refractivity contribution in [3.8, 4) is 0 Å². The second-order valence-corrected chi connectivity index (χ2v) is 6.13. The molecule has 0 heterocycles. The first-order valence-electron chi connectivity index (χ1n) is 9.07. The molecule has 0 radical (unpaired) electrons. The van der Waals surface area contributed by atoms with Crippen LogP contribution in [0, 0.1) is 0 Å². The molecule has 3 heteroatoms. The maximum absolute atomic E-state index is 9.95. The second kappa shape index (κ2) is 17.5. The lowest BCUT2D eigenvalue weighted by Crippen LogP contribution is -2.07. The molecule has 0 aliphatic rings. The van der Waals surface area contributed by atoms with Gasteiger partial charge in [0.2, 0.25) is 0 Å². The molecule has 0 amide bonds. The summed E-state index contributed by atoms with van der Waals surface area (Å²) in [6, 6.07) is 0. The van der Waals surface area contributed by atoms with E-state index in [-0.39, 0.29) is 6.10 Å². The summed E-state index contributed by atoms with van der Waals surface area (Å²) in [6.45, 7) is 4.54. The molecule has 0 saturated heterocycles. The number of carbonyl (C=O) groups excluding carboxylic acids is 1. The summed E-state index contributed by atoms with van der Waals surface area (Å²) in [5.41, 5.74) is 0. The van der Waals surface area contributed by atoms with Gasteiger partial charge in [0.1, 0.15) is 6.10 Å². The van der Waals surface area contributed by atoms with Crippen LogP contribution in [0.2, 0.25) is 0 Å². The first kappa shape index (κ1) is 20.4. The minimum Gasteiger partial charge on any atom is -0.302 e. The highest BCUT2D eigenvalue weighted by Crippen LogP contribution is 2.13. The molecule has 0 aromatic heterocycles. The van der Waals surface area contributed by atoms with Gasteiger partial charge in [-0.15, -0.1) is 0 Å². The molecule has 0 bridgehead atoms. The van der Waals surface area contributed by atoms with E-state index in [4.69, 9.17) is 4.89 Å². The predicted octanol–water partition coefficient (Wildman–Crippen LogP) is 5.96. The molecule has 1 atom stereocenters. The van der Waals surface area contributed by atoms with Crippen LogP contribution in [-0.4, -0.2) is 12.6 Å². The number of carbonyl (C=O) groups is 1. The Morgan fingerprint density at radius 3 is 1.62 bits per heavy atom. The Kier molecular flexibility index (Phi) is 17.0. The molecule has 0 rings (SSSR count). The lowest BCUT2D eigenvalue weighted by atomic mass is 10.0. The fraction of sp³-hybridized carbons (Fsp3) is 0.944. The van der Waals surface area contributed by atoms with E-state index in [1.165, 1.54) is 77.0 Å². The van der Waals surface area contributed by atoms with Gasteiger partial charge >= 0.3 is 6.47 Å². The van der Waals surface area contributed by atoms with Crippen molar-refractivity contribution in [3.63, 3.8) is 0 Å². The van der Waals surface area contributed by atoms with Crippen LogP contribution in [0.5, 0.6) is 0 Å². The second-order valence-electron chi connectivity index (χ2n) is 6.13. The molecule has 21 heavy (non-hydrogen) atoms. The molecule has 1 unspecified atom stereocenters. The lowest BCUT2D eigenvalue weighted by molar-refractivity contribution is -0.283. The van der Waals surface area contributed by atoms with Gasteiger partial charge in [0.15, 0.2) is 0 Å². The smallest absolute Gasteiger partial charge is 0.302 e. The summed E-state index contributed by atoms with van der Waals surface area (Å²) >= 11 is 0. The van der Waals surface area contributed by atoms with Gasteiger partial charge in [-0.3, -0.25) is 4.79 Å². The maximum Gasteiger partial charge on any atom is 0.330 e. The Bertz CT molecular complexity index is 207. The van der Waals surface area contributed by atoms with E-state index < -0.39 is 0 Å². The standard InChI is InChI=1S/C18H36O3/c1-3-4-5-6-7-8-9-10-11-12-13-14-15-16-18(2)21-20-17-19/h17-18H,3-16H2,1-2H3. The SMILES string of the molecule is CCCCCCCCCCCCCCCC(C)OOC=O. The van der Waals surface area contributed by atoms with Gasteiger partial charge < -0.3 is 4.89 Å². The van der Waals surface area contributed by atoms with Gasteiger partial charge in [0, 0.05) is 0 Å². The summed E-state index contributed by atoms with van der Waals surface area (Å²) < 4.78 is 0. The van der Waals surface area contributed by atoms with Gasteiger partial charge in [-0.25, -0.2) is 0 Å². The third-order valence-corrected chi connectivity index (χ3v) is 3.97. The molecule has 126 valence electrons. The minimum absolute atomic E-state index is 0.0166. The van der Waals surface area contributed by atoms with E-state index in [9.17, 15) is 4.79 Å². The molecule has 0 saturated carbocycles. The van der Waals surface area contributed by atoms with E-state index in [0.717, 1.165) is 12.8 Å². The van der Waals surface area contributed by atoms with Crippen molar-refractivity contribution in [2.75, 3.05) is 0 Å². The van der Waals surface area contributed by atoms with E-state index >= 15 is 0 Å². The normalized spacial score (nSPS) is 12.3. The average molecular weight is 300 g/mol. The quantitative estimate of drug-likeness (QED) is 0.144. The summed E-state index contributed by atoms with van der Waals surface area (Å²) in [7, 11) is 0. The van der Waals surface area contributed by atoms with Gasteiger partial charge in [-0.05, 0) is 13.3 Å². The van der Waals surface area contributed by atoms with Crippen LogP contribution >= 0.6 is 0 Å². The summed E-state index contributed by atoms with van der Waals surface area (Å²) in [4.78, 5) is 19.1. The highest BCUT2D eigenvalue weighted by molar-refractivity contribution is 5.35. The van der Waals surface area contributed by atoms with E-state index in [0.29, 0.717) is 6.47 Å². The van der Waals surface area contributed by atoms with Crippen LogP contribution in [0.1, 0.15) is 104 Å². The highest BCUT2D eigenvalue weighted by atomic mass is 17.2. The molecule has 0 N–H and O–H groups in total. The topological polar surface area (TPSA) is 35.5 Å². The number of rotatable bonds is 17. The van der Waals surface area contributed by atoms with Crippen molar-refractivity contribution < 1.29 is 14.6 Å². The summed E-state index contributed by atoms with van der Waals surface area (Å²) in [5.74, 6) is 0. The van der Waals surface area contributed by atoms with Crippen LogP contribution in [0.25, 0.3) is 0 Å². The number of hydrogen-bond acceptors (Lipinski definition) is 3. The van der Waals surface area contributed by atoms with Gasteiger partial charge in [-0.2, -0.15) is 4.89 Å². The average Bonchev–Trinajstić information content (AvgIpc) is 2.49. The molecule has 0 aliphatic heterocycles. The molecule has 0 aromatic carbocycles. The molecule has 3 nitrogen and oxygen atoms in total. The zero-order chi connectivity index (χ0) is 15.6. The van der Waals surface area contributed by atoms with Crippen molar-refractivity contribution in [2.24, 2.45) is 0 Å². The van der Waals surface area contributed by atoms with Gasteiger partial charge in [0.05, 0.1) is 0 Å². The van der Waals surface area contributed by atoms with Gasteiger partial charge in [-0.1, -0.05) is 90.4 Å². The summed E-state index contributed by atoms with van der Waals surface area (Å²) in [6.07, 6.45) is 18.7. The molecule has 0 fully saturated rings. The van der Waals surface area contributed by atoms with Crippen molar-refractivity contribution in [3.05, 3.63) is 0 Å². The molecular weight excluding hydrogens is 264 g/mol. The molecule has 0 spiro atoms. The van der Waals surface area contributed by atoms with Crippen molar-refractivity contribution in [1.82, 2.24) is 0 Å². The van der Waals surface area contributed by atoms with E-state index in [1.54, 1.807) is 0 Å². The van der Waals surface area contributed by atoms with Crippen molar-refractivity contribution >= 4 is 6.47 Å². The van der Waals surface area contributed by atoms with E-state index in [2.05, 4.69) is 11.8 Å². The van der Waals surface area contributed by atoms with E-state index in [1.807, 2.05) is 6.92 Å². The molecular formula is C18H36O3.